The lowest BCUT2D eigenvalue weighted by Crippen LogP contribution is -2.37. The van der Waals surface area contributed by atoms with Gasteiger partial charge >= 0.3 is 17.8 Å². The Morgan fingerprint density at radius 1 is 0.821 bits per heavy atom. The van der Waals surface area contributed by atoms with Crippen LogP contribution in [0.2, 0.25) is 0 Å². The third kappa shape index (κ3) is 7.96. The summed E-state index contributed by atoms with van der Waals surface area (Å²) >= 11 is 2.07. The predicted octanol–water partition coefficient (Wildman–Crippen LogP) is 4.66. The van der Waals surface area contributed by atoms with E-state index in [1.807, 2.05) is 12.1 Å². The Labute approximate surface area is 239 Å². The molecule has 4 rings (SSSR count). The van der Waals surface area contributed by atoms with E-state index >= 15 is 0 Å². The summed E-state index contributed by atoms with van der Waals surface area (Å²) in [7, 11) is 0. The molecule has 10 heteroatoms. The van der Waals surface area contributed by atoms with Crippen LogP contribution in [-0.2, 0) is 9.59 Å². The smallest absolute Gasteiger partial charge is 0.344 e. The SMILES string of the molecule is O=C(NN=Cc1ccc(OC(=O)c2ccccc2I)cc1)C(=O)Nc1ccccc1C(=O)NC1CCCCC1. The fourth-order valence-electron chi connectivity index (χ4n) is 4.11. The van der Waals surface area contributed by atoms with Gasteiger partial charge in [0.1, 0.15) is 5.75 Å². The van der Waals surface area contributed by atoms with Gasteiger partial charge in [-0.05, 0) is 89.5 Å². The van der Waals surface area contributed by atoms with Crippen molar-refractivity contribution in [1.29, 1.82) is 0 Å². The zero-order valence-electron chi connectivity index (χ0n) is 21.0. The first kappa shape index (κ1) is 28.0. The number of nitrogens with one attached hydrogen (secondary N) is 3. The lowest BCUT2D eigenvalue weighted by atomic mass is 9.95. The number of amides is 3. The van der Waals surface area contributed by atoms with Crippen LogP contribution in [0.5, 0.6) is 5.75 Å². The summed E-state index contributed by atoms with van der Waals surface area (Å²) in [5.41, 5.74) is 3.78. The van der Waals surface area contributed by atoms with E-state index in [2.05, 4.69) is 43.8 Å². The van der Waals surface area contributed by atoms with E-state index in [0.29, 0.717) is 16.9 Å². The van der Waals surface area contributed by atoms with Gasteiger partial charge in [0.2, 0.25) is 0 Å². The molecule has 0 aliphatic heterocycles. The number of rotatable bonds is 7. The van der Waals surface area contributed by atoms with Gasteiger partial charge in [-0.3, -0.25) is 14.4 Å². The second-order valence-electron chi connectivity index (χ2n) is 8.95. The van der Waals surface area contributed by atoms with Gasteiger partial charge in [0.15, 0.2) is 0 Å². The van der Waals surface area contributed by atoms with Gasteiger partial charge in [0.25, 0.3) is 5.91 Å². The van der Waals surface area contributed by atoms with E-state index in [4.69, 9.17) is 4.74 Å². The topological polar surface area (TPSA) is 126 Å². The van der Waals surface area contributed by atoms with Crippen LogP contribution in [0.1, 0.15) is 58.4 Å². The summed E-state index contributed by atoms with van der Waals surface area (Å²) in [5, 5.41) is 9.31. The minimum Gasteiger partial charge on any atom is -0.423 e. The predicted molar refractivity (Wildman–Crippen MR) is 156 cm³/mol. The Bertz CT molecular complexity index is 1380. The molecule has 1 saturated carbocycles. The minimum absolute atomic E-state index is 0.112. The number of esters is 1. The van der Waals surface area contributed by atoms with Gasteiger partial charge in [0, 0.05) is 9.61 Å². The number of carbonyl (C=O) groups is 4. The number of hydrazone groups is 1. The number of carbonyl (C=O) groups excluding carboxylic acids is 4. The van der Waals surface area contributed by atoms with Crippen molar-refractivity contribution in [2.75, 3.05) is 5.32 Å². The average Bonchev–Trinajstić information content (AvgIpc) is 2.95. The molecule has 3 N–H and O–H groups in total. The molecule has 0 spiro atoms. The highest BCUT2D eigenvalue weighted by Gasteiger charge is 2.21. The van der Waals surface area contributed by atoms with Crippen LogP contribution in [0.3, 0.4) is 0 Å². The largest absolute Gasteiger partial charge is 0.423 e. The second kappa shape index (κ2) is 13.7. The van der Waals surface area contributed by atoms with Gasteiger partial charge < -0.3 is 15.4 Å². The zero-order chi connectivity index (χ0) is 27.6. The zero-order valence-corrected chi connectivity index (χ0v) is 23.1. The molecule has 0 atom stereocenters. The lowest BCUT2D eigenvalue weighted by Gasteiger charge is -2.23. The van der Waals surface area contributed by atoms with Gasteiger partial charge in [0.05, 0.1) is 23.0 Å². The molecule has 200 valence electrons. The maximum Gasteiger partial charge on any atom is 0.344 e. The highest BCUT2D eigenvalue weighted by molar-refractivity contribution is 14.1. The molecule has 0 radical (unpaired) electrons. The van der Waals surface area contributed by atoms with Gasteiger partial charge in [-0.1, -0.05) is 43.5 Å². The Hall–Kier alpha value is -4.06. The standard InChI is InChI=1S/C29H27IN4O5/c30-24-12-6-4-10-22(24)29(38)39-21-16-14-19(15-17-21)18-31-34-28(37)27(36)33-25-13-7-5-11-23(25)26(35)32-20-8-2-1-3-9-20/h4-7,10-18,20H,1-3,8-9H2,(H,32,35)(H,33,36)(H,34,37). The summed E-state index contributed by atoms with van der Waals surface area (Å²) in [5.74, 6) is -2.34. The number of nitrogens with zero attached hydrogens (tertiary/aromatic N) is 1. The Balaban J connectivity index is 1.29. The van der Waals surface area contributed by atoms with Crippen LogP contribution in [0.4, 0.5) is 5.69 Å². The average molecular weight is 638 g/mol. The van der Waals surface area contributed by atoms with E-state index in [1.54, 1.807) is 60.7 Å². The van der Waals surface area contributed by atoms with Gasteiger partial charge in [-0.2, -0.15) is 5.10 Å². The fraction of sp³-hybridized carbons (Fsp3) is 0.207. The number of halogens is 1. The molecular weight excluding hydrogens is 611 g/mol. The summed E-state index contributed by atoms with van der Waals surface area (Å²) in [4.78, 5) is 49.8. The molecule has 9 nitrogen and oxygen atoms in total. The number of benzene rings is 3. The third-order valence-electron chi connectivity index (χ3n) is 6.13. The maximum atomic E-state index is 12.8. The third-order valence-corrected chi connectivity index (χ3v) is 7.07. The second-order valence-corrected chi connectivity index (χ2v) is 10.1. The van der Waals surface area contributed by atoms with Crippen molar-refractivity contribution < 1.29 is 23.9 Å². The van der Waals surface area contributed by atoms with Crippen molar-refractivity contribution in [2.45, 2.75) is 38.1 Å². The molecule has 3 aromatic carbocycles. The summed E-state index contributed by atoms with van der Waals surface area (Å²) in [6, 6.07) is 20.3. The minimum atomic E-state index is -0.989. The van der Waals surface area contributed by atoms with Crippen molar-refractivity contribution in [3.05, 3.63) is 93.1 Å². The highest BCUT2D eigenvalue weighted by Crippen LogP contribution is 2.20. The molecule has 3 aromatic rings. The number of para-hydroxylation sites is 1. The Morgan fingerprint density at radius 3 is 2.21 bits per heavy atom. The summed E-state index contributed by atoms with van der Waals surface area (Å²) < 4.78 is 6.18. The van der Waals surface area contributed by atoms with Gasteiger partial charge in [-0.25, -0.2) is 10.2 Å². The Kier molecular flexibility index (Phi) is 9.79. The molecule has 0 aromatic heterocycles. The van der Waals surface area contributed by atoms with Crippen LogP contribution in [0.25, 0.3) is 0 Å². The number of hydrogen-bond acceptors (Lipinski definition) is 6. The molecule has 0 saturated heterocycles. The molecule has 0 bridgehead atoms. The molecule has 1 aliphatic rings. The van der Waals surface area contributed by atoms with E-state index in [1.165, 1.54) is 12.6 Å². The van der Waals surface area contributed by atoms with Crippen LogP contribution in [0, 0.1) is 3.57 Å². The first-order valence-corrected chi connectivity index (χ1v) is 13.6. The summed E-state index contributed by atoms with van der Waals surface area (Å²) in [6.07, 6.45) is 6.54. The molecule has 3 amide bonds. The van der Waals surface area contributed by atoms with E-state index in [9.17, 15) is 19.2 Å². The van der Waals surface area contributed by atoms with Crippen LogP contribution < -0.4 is 20.8 Å². The molecule has 1 aliphatic carbocycles. The maximum absolute atomic E-state index is 12.8. The first-order chi connectivity index (χ1) is 18.9. The van der Waals surface area contributed by atoms with Crippen molar-refractivity contribution in [2.24, 2.45) is 5.10 Å². The molecule has 39 heavy (non-hydrogen) atoms. The molecule has 0 heterocycles. The monoisotopic (exact) mass is 638 g/mol. The van der Waals surface area contributed by atoms with Crippen molar-refractivity contribution in [1.82, 2.24) is 10.7 Å². The van der Waals surface area contributed by atoms with E-state index < -0.39 is 17.8 Å². The van der Waals surface area contributed by atoms with Crippen LogP contribution in [-0.4, -0.2) is 35.9 Å². The highest BCUT2D eigenvalue weighted by atomic mass is 127. The van der Waals surface area contributed by atoms with E-state index in [-0.39, 0.29) is 23.2 Å². The number of ether oxygens (including phenoxy) is 1. The van der Waals surface area contributed by atoms with Crippen LogP contribution >= 0.6 is 22.6 Å². The fourth-order valence-corrected chi connectivity index (χ4v) is 4.71. The Morgan fingerprint density at radius 2 is 1.49 bits per heavy atom. The normalized spacial score (nSPS) is 13.5. The van der Waals surface area contributed by atoms with Crippen molar-refractivity contribution in [3.63, 3.8) is 0 Å². The van der Waals surface area contributed by atoms with Gasteiger partial charge in [-0.15, -0.1) is 0 Å². The van der Waals surface area contributed by atoms with E-state index in [0.717, 1.165) is 29.3 Å². The quantitative estimate of drug-likeness (QED) is 0.0867. The van der Waals surface area contributed by atoms with Crippen molar-refractivity contribution in [3.8, 4) is 5.75 Å². The summed E-state index contributed by atoms with van der Waals surface area (Å²) in [6.45, 7) is 0. The van der Waals surface area contributed by atoms with Crippen LogP contribution in [0.15, 0.2) is 77.9 Å². The molecular formula is C29H27IN4O5. The molecule has 1 fully saturated rings. The number of anilines is 1. The first-order valence-electron chi connectivity index (χ1n) is 12.5. The molecule has 0 unspecified atom stereocenters. The lowest BCUT2D eigenvalue weighted by molar-refractivity contribution is -0.136. The number of hydrogen-bond donors (Lipinski definition) is 3. The van der Waals surface area contributed by atoms with Crippen molar-refractivity contribution >= 4 is 58.2 Å².